The Hall–Kier alpha value is -1.84. The molecule has 2 unspecified atom stereocenters. The molecular weight excluding hydrogens is 262 g/mol. The highest BCUT2D eigenvalue weighted by molar-refractivity contribution is 5.40. The van der Waals surface area contributed by atoms with Gasteiger partial charge in [-0.15, -0.1) is 0 Å². The number of benzene rings is 2. The molecule has 2 atom stereocenters. The summed E-state index contributed by atoms with van der Waals surface area (Å²) in [5.41, 5.74) is 3.78. The largest absolute Gasteiger partial charge is 0.496 e. The van der Waals surface area contributed by atoms with Crippen LogP contribution in [0, 0.1) is 0 Å². The fraction of sp³-hybridized carbons (Fsp3) is 0.333. The molecule has 2 aromatic rings. The molecule has 3 heteroatoms. The first-order valence-corrected chi connectivity index (χ1v) is 7.34. The molecule has 0 radical (unpaired) electrons. The highest BCUT2D eigenvalue weighted by atomic mass is 16.5. The van der Waals surface area contributed by atoms with E-state index < -0.39 is 0 Å². The molecule has 3 rings (SSSR count). The van der Waals surface area contributed by atoms with E-state index in [1.54, 1.807) is 7.11 Å². The highest BCUT2D eigenvalue weighted by Gasteiger charge is 2.30. The van der Waals surface area contributed by atoms with E-state index in [0.717, 1.165) is 24.3 Å². The minimum atomic E-state index is 0.0104. The van der Waals surface area contributed by atoms with Crippen molar-refractivity contribution in [3.05, 3.63) is 65.2 Å². The van der Waals surface area contributed by atoms with Crippen LogP contribution in [0.3, 0.4) is 0 Å². The summed E-state index contributed by atoms with van der Waals surface area (Å²) in [6, 6.07) is 16.7. The minimum absolute atomic E-state index is 0.0104. The monoisotopic (exact) mass is 283 g/mol. The van der Waals surface area contributed by atoms with Crippen LogP contribution in [0.1, 0.15) is 28.8 Å². The molecule has 1 heterocycles. The third-order valence-electron chi connectivity index (χ3n) is 4.12. The summed E-state index contributed by atoms with van der Waals surface area (Å²) in [7, 11) is 3.68. The summed E-state index contributed by atoms with van der Waals surface area (Å²) in [6.07, 6.45) is 0.992. The lowest BCUT2D eigenvalue weighted by Crippen LogP contribution is -2.30. The van der Waals surface area contributed by atoms with Gasteiger partial charge in [0.1, 0.15) is 11.9 Å². The topological polar surface area (TPSA) is 30.5 Å². The predicted octanol–water partition coefficient (Wildman–Crippen LogP) is 3.27. The first-order valence-electron chi connectivity index (χ1n) is 7.34. The minimum Gasteiger partial charge on any atom is -0.496 e. The summed E-state index contributed by atoms with van der Waals surface area (Å²) in [6.45, 7) is 0.759. The van der Waals surface area contributed by atoms with Crippen LogP contribution in [-0.2, 0) is 11.2 Å². The highest BCUT2D eigenvalue weighted by Crippen LogP contribution is 2.39. The molecule has 0 saturated carbocycles. The molecule has 3 nitrogen and oxygen atoms in total. The molecule has 2 aromatic carbocycles. The molecule has 1 aliphatic rings. The van der Waals surface area contributed by atoms with Crippen LogP contribution in [0.5, 0.6) is 5.75 Å². The second-order valence-corrected chi connectivity index (χ2v) is 5.25. The Morgan fingerprint density at radius 1 is 1.14 bits per heavy atom. The normalized spacial score (nSPS) is 18.9. The van der Waals surface area contributed by atoms with E-state index in [0.29, 0.717) is 0 Å². The van der Waals surface area contributed by atoms with Gasteiger partial charge < -0.3 is 14.8 Å². The van der Waals surface area contributed by atoms with E-state index in [2.05, 4.69) is 35.6 Å². The number of para-hydroxylation sites is 1. The quantitative estimate of drug-likeness (QED) is 0.934. The van der Waals surface area contributed by atoms with Gasteiger partial charge in [-0.05, 0) is 30.7 Å². The molecule has 0 spiro atoms. The number of rotatable bonds is 4. The third kappa shape index (κ3) is 2.67. The van der Waals surface area contributed by atoms with Gasteiger partial charge in [0.25, 0.3) is 0 Å². The van der Waals surface area contributed by atoms with E-state index in [-0.39, 0.29) is 12.1 Å². The van der Waals surface area contributed by atoms with Crippen molar-refractivity contribution < 1.29 is 9.47 Å². The molecule has 0 saturated heterocycles. The Bertz CT molecular complexity index is 612. The summed E-state index contributed by atoms with van der Waals surface area (Å²) >= 11 is 0. The van der Waals surface area contributed by atoms with Gasteiger partial charge in [0.2, 0.25) is 0 Å². The Morgan fingerprint density at radius 2 is 1.90 bits per heavy atom. The van der Waals surface area contributed by atoms with Crippen LogP contribution in [0.15, 0.2) is 48.5 Å². The van der Waals surface area contributed by atoms with E-state index in [1.807, 2.05) is 25.2 Å². The number of likely N-dealkylation sites (N-methyl/N-ethyl adjacent to an activating group) is 1. The Kier molecular flexibility index (Phi) is 4.23. The lowest BCUT2D eigenvalue weighted by atomic mass is 9.89. The van der Waals surface area contributed by atoms with Gasteiger partial charge in [0.05, 0.1) is 19.8 Å². The summed E-state index contributed by atoms with van der Waals surface area (Å²) in [5.74, 6) is 0.892. The van der Waals surface area contributed by atoms with Crippen molar-refractivity contribution in [1.29, 1.82) is 0 Å². The van der Waals surface area contributed by atoms with Gasteiger partial charge in [-0.25, -0.2) is 0 Å². The van der Waals surface area contributed by atoms with Gasteiger partial charge in [-0.2, -0.15) is 0 Å². The van der Waals surface area contributed by atoms with Crippen molar-refractivity contribution in [2.75, 3.05) is 20.8 Å². The number of methoxy groups -OCH3 is 1. The zero-order valence-corrected chi connectivity index (χ0v) is 12.5. The maximum Gasteiger partial charge on any atom is 0.123 e. The zero-order valence-electron chi connectivity index (χ0n) is 12.5. The Labute approximate surface area is 125 Å². The van der Waals surface area contributed by atoms with Crippen LogP contribution < -0.4 is 10.1 Å². The number of hydrogen-bond acceptors (Lipinski definition) is 3. The average Bonchev–Trinajstić information content (AvgIpc) is 2.56. The van der Waals surface area contributed by atoms with E-state index in [4.69, 9.17) is 9.47 Å². The van der Waals surface area contributed by atoms with Crippen LogP contribution >= 0.6 is 0 Å². The lowest BCUT2D eigenvalue weighted by Gasteiger charge is -2.33. The van der Waals surface area contributed by atoms with Gasteiger partial charge in [-0.3, -0.25) is 0 Å². The maximum absolute atomic E-state index is 6.09. The van der Waals surface area contributed by atoms with Crippen LogP contribution in [-0.4, -0.2) is 20.8 Å². The first-order chi connectivity index (χ1) is 10.3. The molecule has 21 heavy (non-hydrogen) atoms. The summed E-state index contributed by atoms with van der Waals surface area (Å²) in [4.78, 5) is 0. The van der Waals surface area contributed by atoms with Gasteiger partial charge in [-0.1, -0.05) is 42.5 Å². The van der Waals surface area contributed by atoms with Crippen molar-refractivity contribution in [2.24, 2.45) is 0 Å². The van der Waals surface area contributed by atoms with Crippen molar-refractivity contribution >= 4 is 0 Å². The Balaban J connectivity index is 2.01. The van der Waals surface area contributed by atoms with Gasteiger partial charge >= 0.3 is 0 Å². The van der Waals surface area contributed by atoms with Crippen LogP contribution in [0.4, 0.5) is 0 Å². The molecule has 0 aromatic heterocycles. The summed E-state index contributed by atoms with van der Waals surface area (Å²) in [5, 5.41) is 3.40. The molecule has 0 fully saturated rings. The average molecular weight is 283 g/mol. The molecule has 0 aliphatic carbocycles. The molecule has 0 amide bonds. The van der Waals surface area contributed by atoms with Crippen LogP contribution in [0.25, 0.3) is 0 Å². The SMILES string of the molecule is CNC(c1ccccc1OC)C1OCCc2ccccc21. The fourth-order valence-corrected chi connectivity index (χ4v) is 3.09. The third-order valence-corrected chi connectivity index (χ3v) is 4.12. The predicted molar refractivity (Wildman–Crippen MR) is 83.6 cm³/mol. The number of ether oxygens (including phenoxy) is 2. The Morgan fingerprint density at radius 3 is 2.71 bits per heavy atom. The van der Waals surface area contributed by atoms with Crippen molar-refractivity contribution in [2.45, 2.75) is 18.6 Å². The first kappa shape index (κ1) is 14.1. The molecule has 0 bridgehead atoms. The molecule has 110 valence electrons. The van der Waals surface area contributed by atoms with Crippen molar-refractivity contribution in [3.8, 4) is 5.75 Å². The number of nitrogens with one attached hydrogen (secondary N) is 1. The van der Waals surface area contributed by atoms with Gasteiger partial charge in [0.15, 0.2) is 0 Å². The summed E-state index contributed by atoms with van der Waals surface area (Å²) < 4.78 is 11.6. The van der Waals surface area contributed by atoms with E-state index in [1.165, 1.54) is 11.1 Å². The molecule has 1 N–H and O–H groups in total. The van der Waals surface area contributed by atoms with Crippen LogP contribution in [0.2, 0.25) is 0 Å². The zero-order chi connectivity index (χ0) is 14.7. The number of hydrogen-bond donors (Lipinski definition) is 1. The lowest BCUT2D eigenvalue weighted by molar-refractivity contribution is 0.0160. The maximum atomic E-state index is 6.09. The van der Waals surface area contributed by atoms with E-state index in [9.17, 15) is 0 Å². The van der Waals surface area contributed by atoms with Crippen molar-refractivity contribution in [3.63, 3.8) is 0 Å². The smallest absolute Gasteiger partial charge is 0.123 e. The number of fused-ring (bicyclic) bond motifs is 1. The van der Waals surface area contributed by atoms with Gasteiger partial charge in [0, 0.05) is 5.56 Å². The van der Waals surface area contributed by atoms with E-state index >= 15 is 0 Å². The standard InChI is InChI=1S/C18H21NO2/c1-19-17(15-9-5-6-10-16(15)20-2)18-14-8-4-3-7-13(14)11-12-21-18/h3-10,17-19H,11-12H2,1-2H3. The fourth-order valence-electron chi connectivity index (χ4n) is 3.09. The molecule has 1 aliphatic heterocycles. The van der Waals surface area contributed by atoms with Crippen molar-refractivity contribution in [1.82, 2.24) is 5.32 Å². The second kappa shape index (κ2) is 6.29. The molecular formula is C18H21NO2. The second-order valence-electron chi connectivity index (χ2n) is 5.25.